The minimum Gasteiger partial charge on any atom is -0.461 e. The number of ether oxygens (including phenoxy) is 1. The van der Waals surface area contributed by atoms with E-state index in [0.29, 0.717) is 24.7 Å². The van der Waals surface area contributed by atoms with Crippen LogP contribution in [0.15, 0.2) is 6.20 Å². The highest BCUT2D eigenvalue weighted by Crippen LogP contribution is 2.34. The van der Waals surface area contributed by atoms with Gasteiger partial charge in [0.05, 0.1) is 18.0 Å². The summed E-state index contributed by atoms with van der Waals surface area (Å²) in [5, 5.41) is 7.83. The van der Waals surface area contributed by atoms with E-state index in [-0.39, 0.29) is 18.1 Å². The SMILES string of the molecule is CCOC(=O)c1nn(C)c2c1CCc1cnc(NC3CCC([N+](C)=O)CC3)nc1-2. The third-order valence-electron chi connectivity index (χ3n) is 5.89. The van der Waals surface area contributed by atoms with Crippen LogP contribution >= 0.6 is 0 Å². The van der Waals surface area contributed by atoms with Gasteiger partial charge in [-0.1, -0.05) is 0 Å². The second-order valence-electron chi connectivity index (χ2n) is 7.78. The van der Waals surface area contributed by atoms with Crippen LogP contribution in [0.1, 0.15) is 54.2 Å². The van der Waals surface area contributed by atoms with E-state index in [0.717, 1.165) is 59.4 Å². The zero-order valence-electron chi connectivity index (χ0n) is 17.1. The van der Waals surface area contributed by atoms with E-state index in [2.05, 4.69) is 15.4 Å². The highest BCUT2D eigenvalue weighted by molar-refractivity contribution is 5.91. The van der Waals surface area contributed by atoms with Crippen molar-refractivity contribution in [2.45, 2.75) is 57.5 Å². The Kier molecular flexibility index (Phi) is 5.29. The smallest absolute Gasteiger partial charge is 0.359 e. The number of nitrogens with zero attached hydrogens (tertiary/aromatic N) is 5. The summed E-state index contributed by atoms with van der Waals surface area (Å²) < 4.78 is 7.94. The normalized spacial score (nSPS) is 20.5. The fourth-order valence-corrected chi connectivity index (χ4v) is 4.35. The molecule has 1 fully saturated rings. The second-order valence-corrected chi connectivity index (χ2v) is 7.78. The van der Waals surface area contributed by atoms with Crippen LogP contribution in [-0.2, 0) is 24.6 Å². The van der Waals surface area contributed by atoms with Crippen molar-refractivity contribution in [3.8, 4) is 11.4 Å². The number of hydrogen-bond donors (Lipinski definition) is 1. The largest absolute Gasteiger partial charge is 0.461 e. The molecular formula is C20H27N6O3+. The van der Waals surface area contributed by atoms with Crippen molar-refractivity contribution in [3.05, 3.63) is 27.9 Å². The van der Waals surface area contributed by atoms with E-state index >= 15 is 0 Å². The number of fused-ring (bicyclic) bond motifs is 3. The molecule has 0 aromatic carbocycles. The van der Waals surface area contributed by atoms with Crippen LogP contribution in [0.4, 0.5) is 5.95 Å². The summed E-state index contributed by atoms with van der Waals surface area (Å²) >= 11 is 0. The number of carbonyl (C=O) groups excluding carboxylic acids is 1. The summed E-state index contributed by atoms with van der Waals surface area (Å²) in [7, 11) is 3.42. The number of nitroso groups, excluding NO2 is 1. The molecule has 0 amide bonds. The Morgan fingerprint density at radius 2 is 2.07 bits per heavy atom. The molecule has 29 heavy (non-hydrogen) atoms. The van der Waals surface area contributed by atoms with Gasteiger partial charge in [0.1, 0.15) is 0 Å². The van der Waals surface area contributed by atoms with Crippen LogP contribution < -0.4 is 5.32 Å². The van der Waals surface area contributed by atoms with Gasteiger partial charge in [0.2, 0.25) is 12.0 Å². The summed E-state index contributed by atoms with van der Waals surface area (Å²) in [4.78, 5) is 33.0. The van der Waals surface area contributed by atoms with Gasteiger partial charge >= 0.3 is 5.97 Å². The number of nitrogens with one attached hydrogen (secondary N) is 1. The molecule has 154 valence electrons. The Morgan fingerprint density at radius 3 is 2.76 bits per heavy atom. The van der Waals surface area contributed by atoms with Gasteiger partial charge in [0.15, 0.2) is 12.7 Å². The summed E-state index contributed by atoms with van der Waals surface area (Å²) in [6.45, 7) is 2.11. The minimum absolute atomic E-state index is 0.107. The maximum absolute atomic E-state index is 12.3. The number of hydrogen-bond acceptors (Lipinski definition) is 7. The van der Waals surface area contributed by atoms with Crippen LogP contribution in [0.2, 0.25) is 0 Å². The molecule has 4 rings (SSSR count). The van der Waals surface area contributed by atoms with Crippen LogP contribution in [0.3, 0.4) is 0 Å². The molecule has 0 bridgehead atoms. The molecule has 9 heteroatoms. The number of rotatable bonds is 5. The van der Waals surface area contributed by atoms with Crippen LogP contribution in [0.25, 0.3) is 11.4 Å². The first kappa shape index (κ1) is 19.5. The van der Waals surface area contributed by atoms with Gasteiger partial charge < -0.3 is 10.1 Å². The van der Waals surface area contributed by atoms with Crippen molar-refractivity contribution < 1.29 is 14.3 Å². The van der Waals surface area contributed by atoms with Crippen molar-refractivity contribution in [1.82, 2.24) is 19.7 Å². The zero-order chi connectivity index (χ0) is 20.5. The van der Waals surface area contributed by atoms with E-state index in [1.54, 1.807) is 18.7 Å². The van der Waals surface area contributed by atoms with Crippen molar-refractivity contribution >= 4 is 11.9 Å². The monoisotopic (exact) mass is 399 g/mol. The van der Waals surface area contributed by atoms with E-state index in [1.807, 2.05) is 13.2 Å². The zero-order valence-corrected chi connectivity index (χ0v) is 17.1. The first-order valence-electron chi connectivity index (χ1n) is 10.2. The Bertz CT molecular complexity index is 946. The van der Waals surface area contributed by atoms with Gasteiger partial charge in [-0.25, -0.2) is 14.8 Å². The molecule has 9 nitrogen and oxygen atoms in total. The van der Waals surface area contributed by atoms with Crippen LogP contribution in [-0.4, -0.2) is 56.2 Å². The first-order chi connectivity index (χ1) is 14.0. The summed E-state index contributed by atoms with van der Waals surface area (Å²) in [6, 6.07) is 0.366. The molecule has 0 radical (unpaired) electrons. The fraction of sp³-hybridized carbons (Fsp3) is 0.600. The molecule has 2 aliphatic carbocycles. The van der Waals surface area contributed by atoms with E-state index < -0.39 is 0 Å². The highest BCUT2D eigenvalue weighted by Gasteiger charge is 2.31. The van der Waals surface area contributed by atoms with Gasteiger partial charge in [0, 0.05) is 42.6 Å². The molecule has 0 saturated heterocycles. The third-order valence-corrected chi connectivity index (χ3v) is 5.89. The van der Waals surface area contributed by atoms with E-state index in [1.165, 1.54) is 0 Å². The Hall–Kier alpha value is -2.84. The van der Waals surface area contributed by atoms with Crippen LogP contribution in [0.5, 0.6) is 0 Å². The van der Waals surface area contributed by atoms with Crippen molar-refractivity contribution in [2.24, 2.45) is 7.05 Å². The van der Waals surface area contributed by atoms with Crippen molar-refractivity contribution in [1.29, 1.82) is 0 Å². The lowest BCUT2D eigenvalue weighted by molar-refractivity contribution is -0.562. The van der Waals surface area contributed by atoms with Gasteiger partial charge in [-0.15, -0.1) is 0 Å². The topological polar surface area (TPSA) is 102 Å². The predicted molar refractivity (Wildman–Crippen MR) is 107 cm³/mol. The number of aryl methyl sites for hydroxylation is 2. The Balaban J connectivity index is 1.57. The lowest BCUT2D eigenvalue weighted by atomic mass is 9.91. The molecule has 1 saturated carbocycles. The second kappa shape index (κ2) is 7.88. The average molecular weight is 399 g/mol. The molecule has 0 atom stereocenters. The number of esters is 1. The first-order valence-corrected chi connectivity index (χ1v) is 10.2. The van der Waals surface area contributed by atoms with Crippen molar-refractivity contribution in [2.75, 3.05) is 19.0 Å². The standard InChI is InChI=1S/C20H27N6O3/c1-4-29-19(27)17-15-10-5-12-11-21-20(23-16(12)18(15)25(2)24-17)22-13-6-8-14(9-7-13)26(3)28/h11,13-14H,4-10H2,1-3H3,(H,21,22,23)/q+1. The molecular weight excluding hydrogens is 372 g/mol. The maximum atomic E-state index is 12.3. The summed E-state index contributed by atoms with van der Waals surface area (Å²) in [5.41, 5.74) is 4.00. The maximum Gasteiger partial charge on any atom is 0.359 e. The highest BCUT2D eigenvalue weighted by atomic mass is 16.5. The number of aromatic nitrogens is 4. The molecule has 2 aliphatic rings. The van der Waals surface area contributed by atoms with Gasteiger partial charge in [0.25, 0.3) is 0 Å². The van der Waals surface area contributed by atoms with Gasteiger partial charge in [-0.05, 0) is 42.9 Å². The molecule has 2 aromatic heterocycles. The summed E-state index contributed by atoms with van der Waals surface area (Å²) in [6.07, 6.45) is 6.93. The van der Waals surface area contributed by atoms with E-state index in [4.69, 9.17) is 9.72 Å². The number of carbonyl (C=O) groups is 1. The lowest BCUT2D eigenvalue weighted by Crippen LogP contribution is -2.33. The van der Waals surface area contributed by atoms with Gasteiger partial charge in [-0.3, -0.25) is 4.68 Å². The molecule has 0 aliphatic heterocycles. The average Bonchev–Trinajstić information content (AvgIpc) is 3.06. The molecule has 1 N–H and O–H groups in total. The van der Waals surface area contributed by atoms with E-state index in [9.17, 15) is 9.70 Å². The minimum atomic E-state index is -0.389. The number of anilines is 1. The predicted octanol–water partition coefficient (Wildman–Crippen LogP) is 2.28. The fourth-order valence-electron chi connectivity index (χ4n) is 4.35. The molecule has 0 unspecified atom stereocenters. The summed E-state index contributed by atoms with van der Waals surface area (Å²) in [5.74, 6) is 0.190. The Morgan fingerprint density at radius 1 is 1.31 bits per heavy atom. The van der Waals surface area contributed by atoms with Gasteiger partial charge in [-0.2, -0.15) is 5.10 Å². The molecule has 2 heterocycles. The van der Waals surface area contributed by atoms with Crippen molar-refractivity contribution in [3.63, 3.8) is 0 Å². The lowest BCUT2D eigenvalue weighted by Gasteiger charge is -2.25. The quantitative estimate of drug-likeness (QED) is 0.608. The molecule has 0 spiro atoms. The molecule has 2 aromatic rings. The Labute approximate surface area is 169 Å². The van der Waals surface area contributed by atoms with Crippen LogP contribution in [0, 0.1) is 4.91 Å². The third kappa shape index (κ3) is 3.73.